The predicted molar refractivity (Wildman–Crippen MR) is 126 cm³/mol. The highest BCUT2D eigenvalue weighted by Crippen LogP contribution is 2.34. The van der Waals surface area contributed by atoms with Crippen LogP contribution in [0.15, 0.2) is 47.0 Å². The van der Waals surface area contributed by atoms with Crippen LogP contribution in [0.1, 0.15) is 36.2 Å². The highest BCUT2D eigenvalue weighted by atomic mass is 35.5. The average Bonchev–Trinajstić information content (AvgIpc) is 3.13. The zero-order valence-electron chi connectivity index (χ0n) is 18.5. The molecule has 0 atom stereocenters. The Labute approximate surface area is 192 Å². The van der Waals surface area contributed by atoms with Crippen LogP contribution < -0.4 is 10.6 Å². The smallest absolute Gasteiger partial charge is 0.294 e. The van der Waals surface area contributed by atoms with Crippen molar-refractivity contribution in [3.63, 3.8) is 0 Å². The lowest BCUT2D eigenvalue weighted by Gasteiger charge is -2.38. The second kappa shape index (κ2) is 8.92. The predicted octanol–water partition coefficient (Wildman–Crippen LogP) is 4.94. The molecule has 0 spiro atoms. The van der Waals surface area contributed by atoms with E-state index in [1.165, 1.54) is 6.20 Å². The first-order valence-electron chi connectivity index (χ1n) is 10.8. The molecule has 1 saturated carbocycles. The molecule has 0 bridgehead atoms. The summed E-state index contributed by atoms with van der Waals surface area (Å²) in [6, 6.07) is 11.1. The number of para-hydroxylation sites is 1. The zero-order valence-corrected chi connectivity index (χ0v) is 19.3. The summed E-state index contributed by atoms with van der Waals surface area (Å²) in [5.41, 5.74) is 0.927. The largest absolute Gasteiger partial charge is 0.449 e. The van der Waals surface area contributed by atoms with Crippen LogP contribution in [-0.4, -0.2) is 48.5 Å². The number of anilines is 2. The summed E-state index contributed by atoms with van der Waals surface area (Å²) in [6.07, 6.45) is 5.12. The Bertz CT molecular complexity index is 1130. The van der Waals surface area contributed by atoms with Gasteiger partial charge in [-0.15, -0.1) is 0 Å². The highest BCUT2D eigenvalue weighted by Gasteiger charge is 2.34. The van der Waals surface area contributed by atoms with Gasteiger partial charge in [0, 0.05) is 30.3 Å². The molecule has 1 aromatic carbocycles. The van der Waals surface area contributed by atoms with Crippen molar-refractivity contribution in [3.8, 4) is 0 Å². The molecule has 0 saturated heterocycles. The number of nitrogens with zero attached hydrogens (tertiary/aromatic N) is 2. The Morgan fingerprint density at radius 2 is 1.75 bits per heavy atom. The lowest BCUT2D eigenvalue weighted by Crippen LogP contribution is -2.47. The van der Waals surface area contributed by atoms with Crippen LogP contribution in [-0.2, 0) is 4.79 Å². The van der Waals surface area contributed by atoms with Crippen molar-refractivity contribution in [3.05, 3.63) is 53.4 Å². The quantitative estimate of drug-likeness (QED) is 0.534. The van der Waals surface area contributed by atoms with Crippen molar-refractivity contribution in [1.29, 1.82) is 0 Å². The molecule has 168 valence electrons. The number of fused-ring (bicyclic) bond motifs is 1. The van der Waals surface area contributed by atoms with Gasteiger partial charge in [0.2, 0.25) is 11.7 Å². The van der Waals surface area contributed by atoms with Gasteiger partial charge < -0.3 is 19.5 Å². The number of carbonyl (C=O) groups excluding carboxylic acids is 2. The van der Waals surface area contributed by atoms with E-state index in [4.69, 9.17) is 16.0 Å². The second-order valence-corrected chi connectivity index (χ2v) is 9.67. The van der Waals surface area contributed by atoms with Crippen molar-refractivity contribution in [2.45, 2.75) is 31.7 Å². The van der Waals surface area contributed by atoms with Gasteiger partial charge in [-0.25, -0.2) is 4.98 Å². The molecule has 1 aliphatic carbocycles. The fourth-order valence-corrected chi connectivity index (χ4v) is 4.40. The number of quaternary nitrogens is 1. The summed E-state index contributed by atoms with van der Waals surface area (Å²) < 4.78 is 6.73. The Kier molecular flexibility index (Phi) is 6.22. The minimum atomic E-state index is -0.486. The normalized spacial score (nSPS) is 19.0. The number of halogens is 1. The van der Waals surface area contributed by atoms with Gasteiger partial charge >= 0.3 is 0 Å². The van der Waals surface area contributed by atoms with Crippen molar-refractivity contribution in [2.75, 3.05) is 31.8 Å². The van der Waals surface area contributed by atoms with Crippen LogP contribution in [0, 0.1) is 5.92 Å². The van der Waals surface area contributed by atoms with E-state index in [-0.39, 0.29) is 17.6 Å². The van der Waals surface area contributed by atoms with Gasteiger partial charge in [0.15, 0.2) is 0 Å². The summed E-state index contributed by atoms with van der Waals surface area (Å²) >= 11 is 5.87. The molecule has 7 nitrogen and oxygen atoms in total. The first-order chi connectivity index (χ1) is 15.2. The van der Waals surface area contributed by atoms with Crippen LogP contribution in [0.3, 0.4) is 0 Å². The first kappa shape index (κ1) is 22.3. The van der Waals surface area contributed by atoms with Crippen LogP contribution in [0.25, 0.3) is 11.0 Å². The van der Waals surface area contributed by atoms with Crippen molar-refractivity contribution >= 4 is 45.9 Å². The van der Waals surface area contributed by atoms with Crippen LogP contribution in [0.5, 0.6) is 0 Å². The molecule has 0 unspecified atom stereocenters. The number of hydrogen-bond donors (Lipinski definition) is 2. The van der Waals surface area contributed by atoms with Gasteiger partial charge in [0.25, 0.3) is 5.91 Å². The molecule has 8 heteroatoms. The number of nitrogens with one attached hydrogen (secondary N) is 2. The number of hydrogen-bond acceptors (Lipinski definition) is 4. The topological polar surface area (TPSA) is 84.2 Å². The number of furan rings is 1. The highest BCUT2D eigenvalue weighted by molar-refractivity contribution is 6.30. The standard InChI is InChI=1S/C24H27ClN4O3/c1-29(2,3)17-11-8-15(9-12-17)23(30)28-21-18-6-4-5-7-19(18)32-22(21)24(31)27-20-13-10-16(25)14-26-20/h4-7,10,13-15,17H,8-9,11-12H2,1-3H3,(H-,26,27,28,30,31)/p+1. The number of carbonyl (C=O) groups is 2. The van der Waals surface area contributed by atoms with Crippen LogP contribution in [0.4, 0.5) is 11.5 Å². The van der Waals surface area contributed by atoms with E-state index in [9.17, 15) is 9.59 Å². The van der Waals surface area contributed by atoms with E-state index < -0.39 is 5.91 Å². The molecule has 0 radical (unpaired) electrons. The summed E-state index contributed by atoms with van der Waals surface area (Å²) in [5, 5.41) is 6.86. The lowest BCUT2D eigenvalue weighted by atomic mass is 9.84. The summed E-state index contributed by atoms with van der Waals surface area (Å²) in [4.78, 5) is 30.2. The Hall–Kier alpha value is -2.90. The third-order valence-electron chi connectivity index (χ3n) is 6.18. The SMILES string of the molecule is C[N+](C)(C)C1CCC(C(=O)Nc2c(C(=O)Nc3ccc(Cl)cn3)oc3ccccc23)CC1. The molecule has 2 N–H and O–H groups in total. The van der Waals surface area contributed by atoms with E-state index >= 15 is 0 Å². The van der Waals surface area contributed by atoms with Gasteiger partial charge in [0.1, 0.15) is 17.1 Å². The Morgan fingerprint density at radius 1 is 1.03 bits per heavy atom. The minimum absolute atomic E-state index is 0.0522. The third kappa shape index (κ3) is 4.79. The summed E-state index contributed by atoms with van der Waals surface area (Å²) in [6.45, 7) is 0. The minimum Gasteiger partial charge on any atom is -0.449 e. The fraction of sp³-hybridized carbons (Fsp3) is 0.375. The molecule has 32 heavy (non-hydrogen) atoms. The van der Waals surface area contributed by atoms with E-state index in [1.807, 2.05) is 18.2 Å². The molecule has 2 aromatic heterocycles. The van der Waals surface area contributed by atoms with Gasteiger partial charge in [-0.05, 0) is 37.1 Å². The Balaban J connectivity index is 1.55. The molecular formula is C24H28ClN4O3+. The zero-order chi connectivity index (χ0) is 22.9. The molecule has 2 amide bonds. The molecule has 4 rings (SSSR count). The van der Waals surface area contributed by atoms with Crippen molar-refractivity contribution in [2.24, 2.45) is 5.92 Å². The number of amides is 2. The molecule has 2 heterocycles. The van der Waals surface area contributed by atoms with E-state index in [0.29, 0.717) is 33.5 Å². The Morgan fingerprint density at radius 3 is 2.41 bits per heavy atom. The molecule has 1 fully saturated rings. The van der Waals surface area contributed by atoms with Crippen LogP contribution in [0.2, 0.25) is 5.02 Å². The third-order valence-corrected chi connectivity index (χ3v) is 6.41. The average molecular weight is 456 g/mol. The molecule has 1 aliphatic rings. The van der Waals surface area contributed by atoms with E-state index in [2.05, 4.69) is 36.8 Å². The van der Waals surface area contributed by atoms with Gasteiger partial charge in [-0.2, -0.15) is 0 Å². The van der Waals surface area contributed by atoms with Gasteiger partial charge in [-0.1, -0.05) is 23.7 Å². The first-order valence-corrected chi connectivity index (χ1v) is 11.2. The van der Waals surface area contributed by atoms with Gasteiger partial charge in [0.05, 0.1) is 32.2 Å². The molecule has 0 aliphatic heterocycles. The van der Waals surface area contributed by atoms with E-state index in [0.717, 1.165) is 30.2 Å². The van der Waals surface area contributed by atoms with Crippen molar-refractivity contribution < 1.29 is 18.5 Å². The summed E-state index contributed by atoms with van der Waals surface area (Å²) in [7, 11) is 6.59. The molecular weight excluding hydrogens is 428 g/mol. The monoisotopic (exact) mass is 455 g/mol. The molecule has 3 aromatic rings. The lowest BCUT2D eigenvalue weighted by molar-refractivity contribution is -0.897. The number of benzene rings is 1. The number of pyridine rings is 1. The van der Waals surface area contributed by atoms with Crippen molar-refractivity contribution in [1.82, 2.24) is 4.98 Å². The number of aromatic nitrogens is 1. The maximum Gasteiger partial charge on any atom is 0.294 e. The van der Waals surface area contributed by atoms with Crippen LogP contribution >= 0.6 is 11.6 Å². The summed E-state index contributed by atoms with van der Waals surface area (Å²) in [5.74, 6) is -0.248. The van der Waals surface area contributed by atoms with E-state index in [1.54, 1.807) is 18.2 Å². The van der Waals surface area contributed by atoms with Gasteiger partial charge in [-0.3, -0.25) is 9.59 Å². The maximum absolute atomic E-state index is 13.1. The second-order valence-electron chi connectivity index (χ2n) is 9.23. The number of rotatable bonds is 5. The maximum atomic E-state index is 13.1. The fourth-order valence-electron chi connectivity index (χ4n) is 4.29.